The molecule has 0 fully saturated rings. The zero-order valence-electron chi connectivity index (χ0n) is 17.4. The van der Waals surface area contributed by atoms with Crippen LogP contribution in [0.2, 0.25) is 15.1 Å². The Labute approximate surface area is 202 Å². The van der Waals surface area contributed by atoms with E-state index in [1.807, 2.05) is 44.2 Å². The SMILES string of the molecule is Cc1ccc(NC(=O)/C(C#N)=C/c2cc(Cl)c(OCc3cccc(Cl)c3)c(Cl)c2)c(C)c1. The van der Waals surface area contributed by atoms with Gasteiger partial charge >= 0.3 is 0 Å². The van der Waals surface area contributed by atoms with Crippen molar-refractivity contribution in [3.05, 3.63) is 97.5 Å². The minimum atomic E-state index is -0.520. The highest BCUT2D eigenvalue weighted by Crippen LogP contribution is 2.35. The Morgan fingerprint density at radius 1 is 1.06 bits per heavy atom. The highest BCUT2D eigenvalue weighted by Gasteiger charge is 2.14. The maximum atomic E-state index is 12.6. The minimum Gasteiger partial charge on any atom is -0.486 e. The number of anilines is 1. The number of aryl methyl sites for hydroxylation is 2. The Morgan fingerprint density at radius 3 is 2.41 bits per heavy atom. The first-order chi connectivity index (χ1) is 15.3. The lowest BCUT2D eigenvalue weighted by Crippen LogP contribution is -2.14. The molecule has 7 heteroatoms. The van der Waals surface area contributed by atoms with Crippen molar-refractivity contribution in [3.63, 3.8) is 0 Å². The van der Waals surface area contributed by atoms with Gasteiger partial charge in [0.2, 0.25) is 0 Å². The summed E-state index contributed by atoms with van der Waals surface area (Å²) < 4.78 is 5.76. The van der Waals surface area contributed by atoms with Crippen LogP contribution in [0.3, 0.4) is 0 Å². The number of ether oxygens (including phenoxy) is 1. The maximum Gasteiger partial charge on any atom is 0.266 e. The van der Waals surface area contributed by atoms with Crippen LogP contribution in [0.1, 0.15) is 22.3 Å². The molecule has 0 heterocycles. The smallest absolute Gasteiger partial charge is 0.266 e. The number of nitriles is 1. The number of hydrogen-bond acceptors (Lipinski definition) is 3. The fourth-order valence-electron chi connectivity index (χ4n) is 3.04. The summed E-state index contributed by atoms with van der Waals surface area (Å²) in [6.07, 6.45) is 1.43. The molecule has 0 aliphatic carbocycles. The number of hydrogen-bond donors (Lipinski definition) is 1. The zero-order valence-corrected chi connectivity index (χ0v) is 19.6. The van der Waals surface area contributed by atoms with Crippen molar-refractivity contribution in [2.24, 2.45) is 0 Å². The van der Waals surface area contributed by atoms with E-state index in [1.165, 1.54) is 6.08 Å². The third kappa shape index (κ3) is 6.05. The Morgan fingerprint density at radius 2 is 1.78 bits per heavy atom. The first-order valence-electron chi connectivity index (χ1n) is 9.63. The van der Waals surface area contributed by atoms with Crippen LogP contribution in [0.4, 0.5) is 5.69 Å². The molecule has 1 N–H and O–H groups in total. The third-order valence-electron chi connectivity index (χ3n) is 4.60. The van der Waals surface area contributed by atoms with Crippen LogP contribution in [-0.2, 0) is 11.4 Å². The Kier molecular flexibility index (Phi) is 7.82. The lowest BCUT2D eigenvalue weighted by Gasteiger charge is -2.12. The predicted molar refractivity (Wildman–Crippen MR) is 130 cm³/mol. The molecule has 0 bridgehead atoms. The van der Waals surface area contributed by atoms with Crippen molar-refractivity contribution < 1.29 is 9.53 Å². The molecule has 3 aromatic carbocycles. The number of nitrogens with one attached hydrogen (secondary N) is 1. The van der Waals surface area contributed by atoms with E-state index < -0.39 is 5.91 Å². The number of nitrogens with zero attached hydrogens (tertiary/aromatic N) is 1. The van der Waals surface area contributed by atoms with E-state index in [0.29, 0.717) is 22.0 Å². The van der Waals surface area contributed by atoms with Crippen molar-refractivity contribution in [1.29, 1.82) is 5.26 Å². The van der Waals surface area contributed by atoms with Crippen LogP contribution in [0.15, 0.2) is 60.2 Å². The predicted octanol–water partition coefficient (Wildman–Crippen LogP) is 7.39. The van der Waals surface area contributed by atoms with Gasteiger partial charge in [0, 0.05) is 10.7 Å². The molecular formula is C25H19Cl3N2O2. The van der Waals surface area contributed by atoms with Gasteiger partial charge in [-0.1, -0.05) is 64.6 Å². The van der Waals surface area contributed by atoms with Crippen molar-refractivity contribution in [2.75, 3.05) is 5.32 Å². The van der Waals surface area contributed by atoms with Gasteiger partial charge in [0.15, 0.2) is 5.75 Å². The van der Waals surface area contributed by atoms with E-state index in [9.17, 15) is 10.1 Å². The molecular weight excluding hydrogens is 467 g/mol. The fraction of sp³-hybridized carbons (Fsp3) is 0.120. The number of benzene rings is 3. The monoisotopic (exact) mass is 484 g/mol. The van der Waals surface area contributed by atoms with E-state index in [1.54, 1.807) is 30.3 Å². The number of carbonyl (C=O) groups excluding carboxylic acids is 1. The minimum absolute atomic E-state index is 0.0790. The van der Waals surface area contributed by atoms with Crippen molar-refractivity contribution in [2.45, 2.75) is 20.5 Å². The second kappa shape index (κ2) is 10.6. The number of amides is 1. The van der Waals surface area contributed by atoms with E-state index in [0.717, 1.165) is 16.7 Å². The van der Waals surface area contributed by atoms with Crippen LogP contribution >= 0.6 is 34.8 Å². The van der Waals surface area contributed by atoms with Crippen LogP contribution in [0, 0.1) is 25.2 Å². The van der Waals surface area contributed by atoms with Gasteiger partial charge in [0.1, 0.15) is 18.2 Å². The van der Waals surface area contributed by atoms with Crippen molar-refractivity contribution >= 4 is 52.5 Å². The summed E-state index contributed by atoms with van der Waals surface area (Å²) in [5, 5.41) is 13.4. The van der Waals surface area contributed by atoms with Crippen LogP contribution in [0.25, 0.3) is 6.08 Å². The second-order valence-corrected chi connectivity index (χ2v) is 8.43. The Bertz CT molecular complexity index is 1220. The molecule has 0 aliphatic heterocycles. The zero-order chi connectivity index (χ0) is 23.3. The van der Waals surface area contributed by atoms with Gasteiger partial charge in [-0.05, 0) is 66.9 Å². The van der Waals surface area contributed by atoms with Gasteiger partial charge in [-0.3, -0.25) is 4.79 Å². The quantitative estimate of drug-likeness (QED) is 0.292. The molecule has 0 saturated heterocycles. The molecule has 0 spiro atoms. The number of carbonyl (C=O) groups is 1. The molecule has 1 amide bonds. The lowest BCUT2D eigenvalue weighted by atomic mass is 10.1. The van der Waals surface area contributed by atoms with E-state index in [-0.39, 0.29) is 22.2 Å². The normalized spacial score (nSPS) is 11.1. The molecule has 0 aromatic heterocycles. The van der Waals surface area contributed by atoms with Crippen LogP contribution < -0.4 is 10.1 Å². The maximum absolute atomic E-state index is 12.6. The second-order valence-electron chi connectivity index (χ2n) is 7.17. The molecule has 32 heavy (non-hydrogen) atoms. The molecule has 3 aromatic rings. The lowest BCUT2D eigenvalue weighted by molar-refractivity contribution is -0.112. The highest BCUT2D eigenvalue weighted by atomic mass is 35.5. The summed E-state index contributed by atoms with van der Waals surface area (Å²) in [6, 6.07) is 18.0. The molecule has 4 nitrogen and oxygen atoms in total. The van der Waals surface area contributed by atoms with E-state index in [2.05, 4.69) is 5.32 Å². The van der Waals surface area contributed by atoms with Crippen molar-refractivity contribution in [1.82, 2.24) is 0 Å². The van der Waals surface area contributed by atoms with Gasteiger partial charge in [-0.2, -0.15) is 5.26 Å². The molecule has 162 valence electrons. The Balaban J connectivity index is 1.78. The topological polar surface area (TPSA) is 62.1 Å². The van der Waals surface area contributed by atoms with E-state index >= 15 is 0 Å². The first kappa shape index (κ1) is 23.7. The summed E-state index contributed by atoms with van der Waals surface area (Å²) in [5.74, 6) is -0.211. The first-order valence-corrected chi connectivity index (χ1v) is 10.8. The van der Waals surface area contributed by atoms with Crippen LogP contribution in [-0.4, -0.2) is 5.91 Å². The molecule has 0 saturated carbocycles. The third-order valence-corrected chi connectivity index (χ3v) is 5.40. The summed E-state index contributed by atoms with van der Waals surface area (Å²) in [5.41, 5.74) is 3.92. The van der Waals surface area contributed by atoms with Gasteiger partial charge in [0.05, 0.1) is 10.0 Å². The average molecular weight is 486 g/mol. The van der Waals surface area contributed by atoms with Crippen molar-refractivity contribution in [3.8, 4) is 11.8 Å². The van der Waals surface area contributed by atoms with E-state index in [4.69, 9.17) is 39.5 Å². The summed E-state index contributed by atoms with van der Waals surface area (Å²) in [4.78, 5) is 12.6. The fourth-order valence-corrected chi connectivity index (χ4v) is 3.87. The van der Waals surface area contributed by atoms with Gasteiger partial charge in [0.25, 0.3) is 5.91 Å². The molecule has 0 unspecified atom stereocenters. The average Bonchev–Trinajstić information content (AvgIpc) is 2.73. The summed E-state index contributed by atoms with van der Waals surface area (Å²) in [6.45, 7) is 4.09. The molecule has 0 aliphatic rings. The highest BCUT2D eigenvalue weighted by molar-refractivity contribution is 6.37. The largest absolute Gasteiger partial charge is 0.486 e. The van der Waals surface area contributed by atoms with Gasteiger partial charge < -0.3 is 10.1 Å². The molecule has 0 atom stereocenters. The molecule has 0 radical (unpaired) electrons. The standard InChI is InChI=1S/C25H19Cl3N2O2/c1-15-6-7-23(16(2)8-15)30-25(31)19(13-29)9-18-11-21(27)24(22(28)12-18)32-14-17-4-3-5-20(26)10-17/h3-12H,14H2,1-2H3,(H,30,31)/b19-9+. The number of halogens is 3. The van der Waals surface area contributed by atoms with Crippen LogP contribution in [0.5, 0.6) is 5.75 Å². The number of rotatable bonds is 6. The molecule has 3 rings (SSSR count). The Hall–Kier alpha value is -2.97. The van der Waals surface area contributed by atoms with Gasteiger partial charge in [-0.15, -0.1) is 0 Å². The summed E-state index contributed by atoms with van der Waals surface area (Å²) in [7, 11) is 0. The van der Waals surface area contributed by atoms with Gasteiger partial charge in [-0.25, -0.2) is 0 Å². The summed E-state index contributed by atoms with van der Waals surface area (Å²) >= 11 is 18.7.